The fourth-order valence-electron chi connectivity index (χ4n) is 3.12. The van der Waals surface area contributed by atoms with Crippen molar-refractivity contribution in [2.24, 2.45) is 11.8 Å². The molecule has 1 fully saturated rings. The van der Waals surface area contributed by atoms with Crippen molar-refractivity contribution < 1.29 is 22.7 Å². The zero-order chi connectivity index (χ0) is 17.9. The lowest BCUT2D eigenvalue weighted by Crippen LogP contribution is -2.44. The van der Waals surface area contributed by atoms with Crippen LogP contribution in [0.2, 0.25) is 0 Å². The highest BCUT2D eigenvalue weighted by Crippen LogP contribution is 2.21. The van der Waals surface area contributed by atoms with Crippen molar-refractivity contribution in [1.82, 2.24) is 4.90 Å². The van der Waals surface area contributed by atoms with Crippen LogP contribution in [0.3, 0.4) is 0 Å². The first kappa shape index (κ1) is 18.4. The molecule has 0 radical (unpaired) electrons. The Hall–Kier alpha value is -1.89. The van der Waals surface area contributed by atoms with Gasteiger partial charge in [0.25, 0.3) is 5.91 Å². The van der Waals surface area contributed by atoms with Gasteiger partial charge in [0.05, 0.1) is 10.5 Å². The molecule has 132 valence electrons. The van der Waals surface area contributed by atoms with E-state index in [1.54, 1.807) is 11.0 Å². The van der Waals surface area contributed by atoms with Crippen molar-refractivity contribution >= 4 is 21.7 Å². The maximum atomic E-state index is 12.2. The zero-order valence-electron chi connectivity index (χ0n) is 14.2. The number of hydrogen-bond donors (Lipinski definition) is 0. The summed E-state index contributed by atoms with van der Waals surface area (Å²) in [5, 5.41) is 0. The number of likely N-dealkylation sites (tertiary alicyclic amines) is 1. The molecule has 7 heteroatoms. The molecule has 1 aromatic rings. The first-order valence-corrected chi connectivity index (χ1v) is 9.81. The zero-order valence-corrected chi connectivity index (χ0v) is 15.0. The van der Waals surface area contributed by atoms with Crippen LogP contribution in [0.1, 0.15) is 30.6 Å². The third kappa shape index (κ3) is 4.56. The minimum atomic E-state index is -3.55. The van der Waals surface area contributed by atoms with Crippen molar-refractivity contribution in [2.45, 2.75) is 25.2 Å². The highest BCUT2D eigenvalue weighted by molar-refractivity contribution is 7.90. The molecular weight excluding hydrogens is 330 g/mol. The lowest BCUT2D eigenvalue weighted by Gasteiger charge is -2.34. The standard InChI is InChI=1S/C17H23NO5S/c1-12-8-13(2)10-18(9-12)16(19)11-23-17(20)14-6-4-5-7-15(14)24(3,21)22/h4-7,12-13H,8-11H2,1-3H3/t12-,13+. The van der Waals surface area contributed by atoms with E-state index in [1.165, 1.54) is 18.2 Å². The van der Waals surface area contributed by atoms with E-state index in [1.807, 2.05) is 0 Å². The Bertz CT molecular complexity index is 718. The molecule has 1 aromatic carbocycles. The van der Waals surface area contributed by atoms with Crippen molar-refractivity contribution in [3.05, 3.63) is 29.8 Å². The molecule has 24 heavy (non-hydrogen) atoms. The van der Waals surface area contributed by atoms with Gasteiger partial charge in [-0.2, -0.15) is 0 Å². The predicted octanol–water partition coefficient (Wildman–Crippen LogP) is 1.75. The Morgan fingerprint density at radius 1 is 1.17 bits per heavy atom. The van der Waals surface area contributed by atoms with E-state index in [9.17, 15) is 18.0 Å². The van der Waals surface area contributed by atoms with E-state index in [0.717, 1.165) is 12.7 Å². The number of ether oxygens (including phenoxy) is 1. The van der Waals surface area contributed by atoms with Gasteiger partial charge in [0.2, 0.25) is 0 Å². The van der Waals surface area contributed by atoms with E-state index in [0.29, 0.717) is 24.9 Å². The second-order valence-corrected chi connectivity index (χ2v) is 8.57. The summed E-state index contributed by atoms with van der Waals surface area (Å²) in [6.07, 6.45) is 2.10. The van der Waals surface area contributed by atoms with Crippen molar-refractivity contribution in [1.29, 1.82) is 0 Å². The number of benzene rings is 1. The Morgan fingerprint density at radius 3 is 2.33 bits per heavy atom. The summed E-state index contributed by atoms with van der Waals surface area (Å²) in [7, 11) is -3.55. The number of piperidine rings is 1. The fourth-order valence-corrected chi connectivity index (χ4v) is 4.00. The van der Waals surface area contributed by atoms with Gasteiger partial charge in [-0.15, -0.1) is 0 Å². The molecule has 2 atom stereocenters. The molecule has 0 aliphatic carbocycles. The number of nitrogens with zero attached hydrogens (tertiary/aromatic N) is 1. The topological polar surface area (TPSA) is 80.8 Å². The Kier molecular flexibility index (Phi) is 5.64. The first-order valence-electron chi connectivity index (χ1n) is 7.92. The van der Waals surface area contributed by atoms with Crippen LogP contribution in [0.15, 0.2) is 29.2 Å². The molecule has 2 rings (SSSR count). The van der Waals surface area contributed by atoms with Gasteiger partial charge in [0.1, 0.15) is 0 Å². The smallest absolute Gasteiger partial charge is 0.339 e. The van der Waals surface area contributed by atoms with Crippen LogP contribution < -0.4 is 0 Å². The SMILES string of the molecule is C[C@@H]1C[C@H](C)CN(C(=O)COC(=O)c2ccccc2S(C)(=O)=O)C1. The summed E-state index contributed by atoms with van der Waals surface area (Å²) < 4.78 is 28.5. The lowest BCUT2D eigenvalue weighted by atomic mass is 9.92. The summed E-state index contributed by atoms with van der Waals surface area (Å²) in [4.78, 5) is 26.0. The van der Waals surface area contributed by atoms with Gasteiger partial charge in [-0.1, -0.05) is 26.0 Å². The molecular formula is C17H23NO5S. The van der Waals surface area contributed by atoms with Crippen LogP contribution in [0, 0.1) is 11.8 Å². The second-order valence-electron chi connectivity index (χ2n) is 6.59. The average molecular weight is 353 g/mol. The molecule has 0 spiro atoms. The Morgan fingerprint density at radius 2 is 1.75 bits per heavy atom. The van der Waals surface area contributed by atoms with Crippen molar-refractivity contribution in [3.8, 4) is 0 Å². The third-order valence-electron chi connectivity index (χ3n) is 4.05. The minimum absolute atomic E-state index is 0.0480. The van der Waals surface area contributed by atoms with E-state index in [2.05, 4.69) is 13.8 Å². The molecule has 0 N–H and O–H groups in total. The predicted molar refractivity (Wildman–Crippen MR) is 89.4 cm³/mol. The van der Waals surface area contributed by atoms with Crippen LogP contribution in [0.5, 0.6) is 0 Å². The molecule has 0 saturated carbocycles. The Balaban J connectivity index is 2.03. The summed E-state index contributed by atoms with van der Waals surface area (Å²) >= 11 is 0. The molecule has 6 nitrogen and oxygen atoms in total. The third-order valence-corrected chi connectivity index (χ3v) is 5.21. The van der Waals surface area contributed by atoms with Gasteiger partial charge < -0.3 is 9.64 Å². The van der Waals surface area contributed by atoms with Crippen LogP contribution in [0.4, 0.5) is 0 Å². The number of sulfone groups is 1. The molecule has 1 heterocycles. The van der Waals surface area contributed by atoms with Crippen LogP contribution >= 0.6 is 0 Å². The Labute approximate surface area is 142 Å². The largest absolute Gasteiger partial charge is 0.452 e. The van der Waals surface area contributed by atoms with Crippen molar-refractivity contribution in [3.63, 3.8) is 0 Å². The van der Waals surface area contributed by atoms with Crippen LogP contribution in [-0.4, -0.2) is 51.1 Å². The summed E-state index contributed by atoms with van der Waals surface area (Å²) in [6.45, 7) is 5.10. The second kappa shape index (κ2) is 7.34. The van der Waals surface area contributed by atoms with Gasteiger partial charge in [-0.05, 0) is 30.4 Å². The summed E-state index contributed by atoms with van der Waals surface area (Å²) in [6, 6.07) is 5.83. The van der Waals surface area contributed by atoms with Gasteiger partial charge >= 0.3 is 5.97 Å². The number of esters is 1. The van der Waals surface area contributed by atoms with Crippen LogP contribution in [0.25, 0.3) is 0 Å². The summed E-state index contributed by atoms with van der Waals surface area (Å²) in [5.74, 6) is -0.222. The van der Waals surface area contributed by atoms with Crippen molar-refractivity contribution in [2.75, 3.05) is 26.0 Å². The maximum absolute atomic E-state index is 12.2. The normalized spacial score (nSPS) is 21.4. The monoisotopic (exact) mass is 353 g/mol. The number of carbonyl (C=O) groups excluding carboxylic acids is 2. The maximum Gasteiger partial charge on any atom is 0.339 e. The molecule has 1 aliphatic heterocycles. The number of hydrogen-bond acceptors (Lipinski definition) is 5. The van der Waals surface area contributed by atoms with E-state index in [4.69, 9.17) is 4.74 Å². The highest BCUT2D eigenvalue weighted by Gasteiger charge is 2.26. The molecule has 0 aromatic heterocycles. The number of carbonyl (C=O) groups is 2. The highest BCUT2D eigenvalue weighted by atomic mass is 32.2. The number of rotatable bonds is 4. The minimum Gasteiger partial charge on any atom is -0.452 e. The van der Waals surface area contributed by atoms with Gasteiger partial charge in [-0.25, -0.2) is 13.2 Å². The average Bonchev–Trinajstić information content (AvgIpc) is 2.50. The van der Waals surface area contributed by atoms with E-state index >= 15 is 0 Å². The molecule has 0 bridgehead atoms. The quantitative estimate of drug-likeness (QED) is 0.771. The first-order chi connectivity index (χ1) is 11.2. The molecule has 1 saturated heterocycles. The van der Waals surface area contributed by atoms with Crippen LogP contribution in [-0.2, 0) is 19.4 Å². The van der Waals surface area contributed by atoms with E-state index < -0.39 is 15.8 Å². The van der Waals surface area contributed by atoms with Gasteiger partial charge in [-0.3, -0.25) is 4.79 Å². The summed E-state index contributed by atoms with van der Waals surface area (Å²) in [5.41, 5.74) is -0.0480. The van der Waals surface area contributed by atoms with Gasteiger partial charge in [0, 0.05) is 19.3 Å². The van der Waals surface area contributed by atoms with E-state index in [-0.39, 0.29) is 23.0 Å². The number of amides is 1. The molecule has 1 amide bonds. The fraction of sp³-hybridized carbons (Fsp3) is 0.529. The molecule has 1 aliphatic rings. The molecule has 0 unspecified atom stereocenters. The van der Waals surface area contributed by atoms with Gasteiger partial charge in [0.15, 0.2) is 16.4 Å². The lowest BCUT2D eigenvalue weighted by molar-refractivity contribution is -0.137.